The zero-order chi connectivity index (χ0) is 14.3. The van der Waals surface area contributed by atoms with Crippen LogP contribution < -0.4 is 10.6 Å². The number of guanidine groups is 1. The van der Waals surface area contributed by atoms with Gasteiger partial charge in [-0.25, -0.2) is 0 Å². The molecule has 0 amide bonds. The van der Waals surface area contributed by atoms with Gasteiger partial charge in [0.25, 0.3) is 0 Å². The average molecular weight is 397 g/mol. The summed E-state index contributed by atoms with van der Waals surface area (Å²) in [4.78, 5) is 3.92. The summed E-state index contributed by atoms with van der Waals surface area (Å²) in [5, 5.41) is 5.79. The molecule has 0 aliphatic carbocycles. The Labute approximate surface area is 133 Å². The molecule has 0 bridgehead atoms. The lowest BCUT2D eigenvalue weighted by Gasteiger charge is -2.11. The molecule has 0 fully saturated rings. The second-order valence-corrected chi connectivity index (χ2v) is 3.68. The lowest BCUT2D eigenvalue weighted by molar-refractivity contribution is -0.137. The number of benzene rings is 1. The van der Waals surface area contributed by atoms with Gasteiger partial charge in [0.15, 0.2) is 5.96 Å². The van der Waals surface area contributed by atoms with Gasteiger partial charge >= 0.3 is 6.18 Å². The summed E-state index contributed by atoms with van der Waals surface area (Å²) in [6.07, 6.45) is 0.785. The molecule has 0 atom stereocenters. The summed E-state index contributed by atoms with van der Waals surface area (Å²) in [6.45, 7) is 0.690. The zero-order valence-electron chi connectivity index (χ0n) is 10.8. The molecule has 3 nitrogen and oxygen atoms in total. The zero-order valence-corrected chi connectivity index (χ0v) is 13.1. The average Bonchev–Trinajstić information content (AvgIpc) is 2.38. The number of halogens is 4. The van der Waals surface area contributed by atoms with Crippen LogP contribution in [0, 0.1) is 12.3 Å². The predicted molar refractivity (Wildman–Crippen MR) is 83.9 cm³/mol. The van der Waals surface area contributed by atoms with Crippen LogP contribution in [-0.4, -0.2) is 19.6 Å². The van der Waals surface area contributed by atoms with Gasteiger partial charge in [-0.15, -0.1) is 30.4 Å². The van der Waals surface area contributed by atoms with Gasteiger partial charge in [-0.1, -0.05) is 18.1 Å². The third kappa shape index (κ3) is 6.14. The SMILES string of the molecule is C#CCNC(=NC)NCc1ccc(C(F)(F)F)cc1.I. The van der Waals surface area contributed by atoms with Crippen LogP contribution in [-0.2, 0) is 12.7 Å². The molecule has 0 radical (unpaired) electrons. The van der Waals surface area contributed by atoms with Crippen LogP contribution in [0.25, 0.3) is 0 Å². The van der Waals surface area contributed by atoms with Crippen LogP contribution in [0.3, 0.4) is 0 Å². The normalized spacial score (nSPS) is 11.2. The van der Waals surface area contributed by atoms with E-state index in [1.165, 1.54) is 12.1 Å². The van der Waals surface area contributed by atoms with Crippen molar-refractivity contribution in [2.24, 2.45) is 4.99 Å². The highest BCUT2D eigenvalue weighted by atomic mass is 127. The fourth-order valence-electron chi connectivity index (χ4n) is 1.35. The number of nitrogens with one attached hydrogen (secondary N) is 2. The molecular formula is C13H15F3IN3. The highest BCUT2D eigenvalue weighted by Crippen LogP contribution is 2.28. The van der Waals surface area contributed by atoms with Crippen molar-refractivity contribution in [2.45, 2.75) is 12.7 Å². The van der Waals surface area contributed by atoms with Gasteiger partial charge in [0, 0.05) is 13.6 Å². The van der Waals surface area contributed by atoms with Crippen molar-refractivity contribution in [1.29, 1.82) is 0 Å². The van der Waals surface area contributed by atoms with E-state index in [2.05, 4.69) is 21.5 Å². The topological polar surface area (TPSA) is 36.4 Å². The quantitative estimate of drug-likeness (QED) is 0.356. The van der Waals surface area contributed by atoms with Crippen molar-refractivity contribution in [2.75, 3.05) is 13.6 Å². The molecule has 0 saturated heterocycles. The molecule has 7 heteroatoms. The van der Waals surface area contributed by atoms with E-state index < -0.39 is 11.7 Å². The number of rotatable bonds is 3. The summed E-state index contributed by atoms with van der Waals surface area (Å²) in [6, 6.07) is 4.94. The minimum atomic E-state index is -4.31. The Morgan fingerprint density at radius 2 is 1.85 bits per heavy atom. The largest absolute Gasteiger partial charge is 0.416 e. The monoisotopic (exact) mass is 397 g/mol. The number of nitrogens with zero attached hydrogens (tertiary/aromatic N) is 1. The molecule has 0 aliphatic rings. The standard InChI is InChI=1S/C13H14F3N3.HI/c1-3-8-18-12(17-2)19-9-10-4-6-11(7-5-10)13(14,15)16;/h1,4-7H,8-9H2,2H3,(H2,17,18,19);1H. The molecule has 0 aliphatic heterocycles. The van der Waals surface area contributed by atoms with Gasteiger partial charge in [0.2, 0.25) is 0 Å². The summed E-state index contributed by atoms with van der Waals surface area (Å²) >= 11 is 0. The molecule has 0 saturated carbocycles. The minimum Gasteiger partial charge on any atom is -0.352 e. The Morgan fingerprint density at radius 3 is 2.30 bits per heavy atom. The Morgan fingerprint density at radius 1 is 1.25 bits per heavy atom. The number of hydrogen-bond acceptors (Lipinski definition) is 1. The molecule has 1 rings (SSSR count). The van der Waals surface area contributed by atoms with E-state index in [4.69, 9.17) is 6.42 Å². The maximum atomic E-state index is 12.4. The van der Waals surface area contributed by atoms with Crippen molar-refractivity contribution in [1.82, 2.24) is 10.6 Å². The smallest absolute Gasteiger partial charge is 0.352 e. The van der Waals surface area contributed by atoms with Crippen molar-refractivity contribution in [3.05, 3.63) is 35.4 Å². The number of hydrogen-bond donors (Lipinski definition) is 2. The maximum Gasteiger partial charge on any atom is 0.416 e. The van der Waals surface area contributed by atoms with Gasteiger partial charge in [-0.3, -0.25) is 4.99 Å². The van der Waals surface area contributed by atoms with Crippen LogP contribution in [0.15, 0.2) is 29.3 Å². The summed E-state index contributed by atoms with van der Waals surface area (Å²) in [5.74, 6) is 2.90. The fraction of sp³-hybridized carbons (Fsp3) is 0.308. The van der Waals surface area contributed by atoms with Crippen molar-refractivity contribution >= 4 is 29.9 Å². The van der Waals surface area contributed by atoms with E-state index in [0.29, 0.717) is 19.0 Å². The second kappa shape index (κ2) is 8.68. The van der Waals surface area contributed by atoms with Gasteiger partial charge in [0.05, 0.1) is 12.1 Å². The number of aliphatic imine (C=N–C) groups is 1. The molecule has 1 aromatic carbocycles. The van der Waals surface area contributed by atoms with Crippen molar-refractivity contribution in [3.8, 4) is 12.3 Å². The fourth-order valence-corrected chi connectivity index (χ4v) is 1.35. The van der Waals surface area contributed by atoms with E-state index in [0.717, 1.165) is 17.7 Å². The summed E-state index contributed by atoms with van der Waals surface area (Å²) in [7, 11) is 1.58. The third-order valence-corrected chi connectivity index (χ3v) is 2.32. The molecule has 20 heavy (non-hydrogen) atoms. The molecule has 2 N–H and O–H groups in total. The minimum absolute atomic E-state index is 0. The first kappa shape index (κ1) is 18.6. The van der Waals surface area contributed by atoms with Crippen molar-refractivity contribution < 1.29 is 13.2 Å². The molecule has 110 valence electrons. The second-order valence-electron chi connectivity index (χ2n) is 3.68. The first-order valence-electron chi connectivity index (χ1n) is 5.51. The third-order valence-electron chi connectivity index (χ3n) is 2.32. The number of terminal acetylenes is 1. The Balaban J connectivity index is 0.00000361. The molecule has 1 aromatic rings. The van der Waals surface area contributed by atoms with E-state index in [1.54, 1.807) is 7.05 Å². The summed E-state index contributed by atoms with van der Waals surface area (Å²) < 4.78 is 37.1. The van der Waals surface area contributed by atoms with Crippen LogP contribution in [0.5, 0.6) is 0 Å². The molecule has 0 heterocycles. The molecular weight excluding hydrogens is 382 g/mol. The highest BCUT2D eigenvalue weighted by molar-refractivity contribution is 14.0. The van der Waals surface area contributed by atoms with Crippen LogP contribution in [0.1, 0.15) is 11.1 Å². The van der Waals surface area contributed by atoms with Crippen molar-refractivity contribution in [3.63, 3.8) is 0 Å². The predicted octanol–water partition coefficient (Wildman–Crippen LogP) is 2.62. The molecule has 0 spiro atoms. The lowest BCUT2D eigenvalue weighted by Crippen LogP contribution is -2.36. The van der Waals surface area contributed by atoms with E-state index in [9.17, 15) is 13.2 Å². The van der Waals surface area contributed by atoms with E-state index >= 15 is 0 Å². The van der Waals surface area contributed by atoms with Crippen LogP contribution in [0.2, 0.25) is 0 Å². The Hall–Kier alpha value is -1.43. The maximum absolute atomic E-state index is 12.4. The van der Waals surface area contributed by atoms with Gasteiger partial charge in [-0.2, -0.15) is 13.2 Å². The Bertz CT molecular complexity index is 475. The van der Waals surface area contributed by atoms with Crippen LogP contribution in [0.4, 0.5) is 13.2 Å². The van der Waals surface area contributed by atoms with E-state index in [1.807, 2.05) is 0 Å². The molecule has 0 unspecified atom stereocenters. The lowest BCUT2D eigenvalue weighted by atomic mass is 10.1. The summed E-state index contributed by atoms with van der Waals surface area (Å²) in [5.41, 5.74) is 0.0581. The first-order chi connectivity index (χ1) is 8.97. The number of alkyl halides is 3. The van der Waals surface area contributed by atoms with Gasteiger partial charge in [-0.05, 0) is 17.7 Å². The van der Waals surface area contributed by atoms with Crippen LogP contribution >= 0.6 is 24.0 Å². The van der Waals surface area contributed by atoms with Gasteiger partial charge in [0.1, 0.15) is 0 Å². The molecule has 0 aromatic heterocycles. The van der Waals surface area contributed by atoms with E-state index in [-0.39, 0.29) is 24.0 Å². The Kier molecular flexibility index (Phi) is 8.06. The first-order valence-corrected chi connectivity index (χ1v) is 5.51. The highest BCUT2D eigenvalue weighted by Gasteiger charge is 2.29. The van der Waals surface area contributed by atoms with Gasteiger partial charge < -0.3 is 10.6 Å².